The first-order chi connectivity index (χ1) is 8.90. The summed E-state index contributed by atoms with van der Waals surface area (Å²) in [6.45, 7) is 3.33. The smallest absolute Gasteiger partial charge is 0.222 e. The van der Waals surface area contributed by atoms with Gasteiger partial charge in [-0.3, -0.25) is 0 Å². The lowest BCUT2D eigenvalue weighted by molar-refractivity contribution is 0.0718. The number of nitrogens with one attached hydrogen (secondary N) is 1. The lowest BCUT2D eigenvalue weighted by atomic mass is 10.1. The Balaban J connectivity index is 1.99. The van der Waals surface area contributed by atoms with Crippen LogP contribution in [0.1, 0.15) is 18.6 Å². The van der Waals surface area contributed by atoms with Gasteiger partial charge < -0.3 is 10.1 Å². The zero-order valence-electron chi connectivity index (χ0n) is 10.4. The molecule has 1 aromatic carbocycles. The van der Waals surface area contributed by atoms with Crippen LogP contribution in [0.4, 0.5) is 5.95 Å². The van der Waals surface area contributed by atoms with Gasteiger partial charge in [-0.05, 0) is 18.6 Å². The second kappa shape index (κ2) is 6.71. The second-order valence-corrected chi connectivity index (χ2v) is 3.81. The van der Waals surface area contributed by atoms with Crippen molar-refractivity contribution in [3.63, 3.8) is 0 Å². The lowest BCUT2D eigenvalue weighted by Gasteiger charge is -2.17. The SMILES string of the molecule is CCOC(CNc1ncccn1)c1ccccc1. The molecule has 1 aromatic heterocycles. The number of hydrogen-bond donors (Lipinski definition) is 1. The average Bonchev–Trinajstić information content (AvgIpc) is 2.45. The molecule has 0 saturated carbocycles. The van der Waals surface area contributed by atoms with Gasteiger partial charge in [0.25, 0.3) is 0 Å². The van der Waals surface area contributed by atoms with E-state index in [9.17, 15) is 0 Å². The summed E-state index contributed by atoms with van der Waals surface area (Å²) in [5.74, 6) is 0.623. The normalized spacial score (nSPS) is 12.1. The fourth-order valence-electron chi connectivity index (χ4n) is 1.72. The largest absolute Gasteiger partial charge is 0.372 e. The maximum atomic E-state index is 5.73. The Morgan fingerprint density at radius 1 is 1.11 bits per heavy atom. The van der Waals surface area contributed by atoms with Crippen molar-refractivity contribution < 1.29 is 4.74 Å². The number of nitrogens with zero attached hydrogens (tertiary/aromatic N) is 2. The Labute approximate surface area is 107 Å². The predicted molar refractivity (Wildman–Crippen MR) is 71.3 cm³/mol. The first-order valence-corrected chi connectivity index (χ1v) is 6.07. The summed E-state index contributed by atoms with van der Waals surface area (Å²) in [6, 6.07) is 11.9. The minimum absolute atomic E-state index is 0.0139. The molecule has 2 aromatic rings. The highest BCUT2D eigenvalue weighted by atomic mass is 16.5. The van der Waals surface area contributed by atoms with Crippen molar-refractivity contribution in [1.82, 2.24) is 9.97 Å². The molecule has 18 heavy (non-hydrogen) atoms. The zero-order chi connectivity index (χ0) is 12.6. The van der Waals surface area contributed by atoms with Crippen LogP contribution < -0.4 is 5.32 Å². The van der Waals surface area contributed by atoms with Crippen LogP contribution in [-0.2, 0) is 4.74 Å². The molecule has 4 nitrogen and oxygen atoms in total. The number of ether oxygens (including phenoxy) is 1. The molecule has 1 unspecified atom stereocenters. The Morgan fingerprint density at radius 3 is 2.50 bits per heavy atom. The minimum Gasteiger partial charge on any atom is -0.372 e. The van der Waals surface area contributed by atoms with Gasteiger partial charge in [-0.2, -0.15) is 0 Å². The molecule has 0 fully saturated rings. The zero-order valence-corrected chi connectivity index (χ0v) is 10.4. The van der Waals surface area contributed by atoms with Crippen molar-refractivity contribution in [3.05, 3.63) is 54.4 Å². The number of rotatable bonds is 6. The van der Waals surface area contributed by atoms with Gasteiger partial charge in [0.1, 0.15) is 0 Å². The average molecular weight is 243 g/mol. The standard InChI is InChI=1S/C14H17N3O/c1-2-18-13(12-7-4-3-5-8-12)11-17-14-15-9-6-10-16-14/h3-10,13H,2,11H2,1H3,(H,15,16,17). The number of hydrogen-bond acceptors (Lipinski definition) is 4. The van der Waals surface area contributed by atoms with Crippen LogP contribution in [0.15, 0.2) is 48.8 Å². The molecule has 0 amide bonds. The van der Waals surface area contributed by atoms with Crippen molar-refractivity contribution in [2.75, 3.05) is 18.5 Å². The van der Waals surface area contributed by atoms with E-state index in [4.69, 9.17) is 4.74 Å². The molecule has 0 spiro atoms. The van der Waals surface area contributed by atoms with E-state index in [0.717, 1.165) is 5.56 Å². The third-order valence-electron chi connectivity index (χ3n) is 2.55. The van der Waals surface area contributed by atoms with E-state index in [2.05, 4.69) is 27.4 Å². The highest BCUT2D eigenvalue weighted by Crippen LogP contribution is 2.17. The third kappa shape index (κ3) is 3.53. The second-order valence-electron chi connectivity index (χ2n) is 3.81. The predicted octanol–water partition coefficient (Wildman–Crippen LogP) is 2.67. The summed E-state index contributed by atoms with van der Waals surface area (Å²) in [6.07, 6.45) is 3.45. The van der Waals surface area contributed by atoms with Crippen LogP contribution in [-0.4, -0.2) is 23.1 Å². The molecular weight excluding hydrogens is 226 g/mol. The lowest BCUT2D eigenvalue weighted by Crippen LogP contribution is -2.17. The van der Waals surface area contributed by atoms with Crippen LogP contribution in [0, 0.1) is 0 Å². The van der Waals surface area contributed by atoms with Gasteiger partial charge in [0.2, 0.25) is 5.95 Å². The van der Waals surface area contributed by atoms with E-state index in [1.54, 1.807) is 18.5 Å². The fraction of sp³-hybridized carbons (Fsp3) is 0.286. The molecule has 2 rings (SSSR count). The minimum atomic E-state index is 0.0139. The highest BCUT2D eigenvalue weighted by molar-refractivity contribution is 5.25. The third-order valence-corrected chi connectivity index (χ3v) is 2.55. The summed E-state index contributed by atoms with van der Waals surface area (Å²) in [7, 11) is 0. The van der Waals surface area contributed by atoms with Gasteiger partial charge in [0, 0.05) is 25.5 Å². The quantitative estimate of drug-likeness (QED) is 0.847. The van der Waals surface area contributed by atoms with Crippen LogP contribution in [0.25, 0.3) is 0 Å². The molecule has 94 valence electrons. The van der Waals surface area contributed by atoms with Crippen molar-refractivity contribution >= 4 is 5.95 Å². The Bertz CT molecular complexity index is 447. The number of anilines is 1. The maximum Gasteiger partial charge on any atom is 0.222 e. The molecule has 0 aliphatic rings. The van der Waals surface area contributed by atoms with Crippen LogP contribution >= 0.6 is 0 Å². The molecule has 1 heterocycles. The topological polar surface area (TPSA) is 47.0 Å². The monoisotopic (exact) mass is 243 g/mol. The van der Waals surface area contributed by atoms with Gasteiger partial charge in [0.15, 0.2) is 0 Å². The van der Waals surface area contributed by atoms with Crippen molar-refractivity contribution in [2.24, 2.45) is 0 Å². The van der Waals surface area contributed by atoms with E-state index < -0.39 is 0 Å². The van der Waals surface area contributed by atoms with E-state index >= 15 is 0 Å². The molecule has 1 N–H and O–H groups in total. The summed E-state index contributed by atoms with van der Waals surface area (Å²) in [5.41, 5.74) is 1.16. The van der Waals surface area contributed by atoms with Gasteiger partial charge in [0.05, 0.1) is 6.10 Å². The Kier molecular flexibility index (Phi) is 4.67. The molecule has 0 bridgehead atoms. The van der Waals surface area contributed by atoms with E-state index in [1.807, 2.05) is 25.1 Å². The molecule has 0 radical (unpaired) electrons. The Morgan fingerprint density at radius 2 is 1.83 bits per heavy atom. The summed E-state index contributed by atoms with van der Waals surface area (Å²) in [4.78, 5) is 8.25. The van der Waals surface area contributed by atoms with Crippen LogP contribution in [0.2, 0.25) is 0 Å². The van der Waals surface area contributed by atoms with Crippen LogP contribution in [0.5, 0.6) is 0 Å². The highest BCUT2D eigenvalue weighted by Gasteiger charge is 2.11. The fourth-order valence-corrected chi connectivity index (χ4v) is 1.72. The molecule has 4 heteroatoms. The number of aromatic nitrogens is 2. The summed E-state index contributed by atoms with van der Waals surface area (Å²) >= 11 is 0. The summed E-state index contributed by atoms with van der Waals surface area (Å²) in [5, 5.41) is 3.18. The first kappa shape index (κ1) is 12.5. The molecule has 0 aliphatic carbocycles. The van der Waals surface area contributed by atoms with E-state index in [-0.39, 0.29) is 6.10 Å². The van der Waals surface area contributed by atoms with E-state index in [0.29, 0.717) is 19.1 Å². The molecule has 0 aliphatic heterocycles. The van der Waals surface area contributed by atoms with Gasteiger partial charge in [-0.1, -0.05) is 30.3 Å². The van der Waals surface area contributed by atoms with Crippen LogP contribution in [0.3, 0.4) is 0 Å². The Hall–Kier alpha value is -1.94. The van der Waals surface area contributed by atoms with Gasteiger partial charge >= 0.3 is 0 Å². The molecular formula is C14H17N3O. The maximum absolute atomic E-state index is 5.73. The van der Waals surface area contributed by atoms with Gasteiger partial charge in [-0.15, -0.1) is 0 Å². The van der Waals surface area contributed by atoms with Gasteiger partial charge in [-0.25, -0.2) is 9.97 Å². The van der Waals surface area contributed by atoms with Crippen molar-refractivity contribution in [3.8, 4) is 0 Å². The van der Waals surface area contributed by atoms with Crippen molar-refractivity contribution in [1.29, 1.82) is 0 Å². The van der Waals surface area contributed by atoms with E-state index in [1.165, 1.54) is 0 Å². The first-order valence-electron chi connectivity index (χ1n) is 6.07. The molecule has 1 atom stereocenters. The number of benzene rings is 1. The van der Waals surface area contributed by atoms with Crippen molar-refractivity contribution in [2.45, 2.75) is 13.0 Å². The summed E-state index contributed by atoms with van der Waals surface area (Å²) < 4.78 is 5.73. The molecule has 0 saturated heterocycles.